The van der Waals surface area contributed by atoms with Crippen LogP contribution in [0.4, 0.5) is 5.69 Å². The third-order valence-electron chi connectivity index (χ3n) is 4.22. The Morgan fingerprint density at radius 3 is 2.82 bits per heavy atom. The summed E-state index contributed by atoms with van der Waals surface area (Å²) in [7, 11) is 0. The lowest BCUT2D eigenvalue weighted by Gasteiger charge is -2.07. The van der Waals surface area contributed by atoms with Crippen molar-refractivity contribution in [2.75, 3.05) is 11.9 Å². The molecule has 1 N–H and O–H groups in total. The van der Waals surface area contributed by atoms with Crippen LogP contribution in [0.3, 0.4) is 0 Å². The van der Waals surface area contributed by atoms with Gasteiger partial charge < -0.3 is 10.1 Å². The van der Waals surface area contributed by atoms with E-state index in [1.165, 1.54) is 0 Å². The first-order valence-electron chi connectivity index (χ1n) is 9.00. The molecule has 0 aliphatic carbocycles. The van der Waals surface area contributed by atoms with E-state index >= 15 is 0 Å². The number of carbonyl (C=O) groups is 1. The predicted molar refractivity (Wildman–Crippen MR) is 113 cm³/mol. The highest BCUT2D eigenvalue weighted by molar-refractivity contribution is 7.18. The number of anilines is 1. The third kappa shape index (κ3) is 3.87. The number of amides is 1. The van der Waals surface area contributed by atoms with Gasteiger partial charge in [0.05, 0.1) is 33.1 Å². The molecule has 2 aromatic heterocycles. The third-order valence-corrected chi connectivity index (χ3v) is 5.17. The number of ether oxygens (including phenoxy) is 1. The van der Waals surface area contributed by atoms with E-state index in [1.54, 1.807) is 23.6 Å². The van der Waals surface area contributed by atoms with Crippen molar-refractivity contribution in [2.24, 2.45) is 0 Å². The molecular formula is C22H19N3O2S. The number of fused-ring (bicyclic) bond motifs is 1. The maximum atomic E-state index is 12.6. The van der Waals surface area contributed by atoms with Gasteiger partial charge in [0.2, 0.25) is 0 Å². The Kier molecular flexibility index (Phi) is 5.04. The highest BCUT2D eigenvalue weighted by Gasteiger charge is 2.09. The van der Waals surface area contributed by atoms with Gasteiger partial charge in [-0.2, -0.15) is 0 Å². The molecule has 2 aromatic carbocycles. The van der Waals surface area contributed by atoms with Crippen molar-refractivity contribution < 1.29 is 9.53 Å². The van der Waals surface area contributed by atoms with E-state index in [9.17, 15) is 4.79 Å². The van der Waals surface area contributed by atoms with E-state index in [4.69, 9.17) is 4.74 Å². The second kappa shape index (κ2) is 7.78. The Morgan fingerprint density at radius 2 is 2.04 bits per heavy atom. The lowest BCUT2D eigenvalue weighted by atomic mass is 10.1. The molecular weight excluding hydrogens is 370 g/mol. The molecule has 0 aliphatic heterocycles. The van der Waals surface area contributed by atoms with E-state index < -0.39 is 0 Å². The molecule has 0 bridgehead atoms. The van der Waals surface area contributed by atoms with Gasteiger partial charge in [0.25, 0.3) is 5.91 Å². The van der Waals surface area contributed by atoms with Gasteiger partial charge in [0.15, 0.2) is 0 Å². The minimum Gasteiger partial charge on any atom is -0.494 e. The highest BCUT2D eigenvalue weighted by atomic mass is 32.1. The summed E-state index contributed by atoms with van der Waals surface area (Å²) in [5.74, 6) is 0.602. The maximum absolute atomic E-state index is 12.6. The van der Waals surface area contributed by atoms with Gasteiger partial charge in [-0.1, -0.05) is 12.1 Å². The van der Waals surface area contributed by atoms with Crippen molar-refractivity contribution in [3.05, 3.63) is 71.4 Å². The minimum absolute atomic E-state index is 0.201. The molecule has 6 heteroatoms. The summed E-state index contributed by atoms with van der Waals surface area (Å²) in [6.45, 7) is 4.54. The van der Waals surface area contributed by atoms with E-state index in [-0.39, 0.29) is 5.91 Å². The first-order chi connectivity index (χ1) is 13.6. The molecule has 0 saturated heterocycles. The van der Waals surface area contributed by atoms with Gasteiger partial charge in [-0.15, -0.1) is 11.3 Å². The summed E-state index contributed by atoms with van der Waals surface area (Å²) in [5.41, 5.74) is 3.85. The number of nitrogens with zero attached hydrogens (tertiary/aromatic N) is 2. The van der Waals surface area contributed by atoms with Crippen LogP contribution >= 0.6 is 11.3 Å². The molecule has 0 aliphatic rings. The standard InChI is InChI=1S/C22H19N3O2S/c1-3-27-18-6-4-5-15(11-18)19-9-7-16(13-23-19)22(26)25-17-8-10-21-20(12-17)24-14(2)28-21/h4-13H,3H2,1-2H3,(H,25,26). The summed E-state index contributed by atoms with van der Waals surface area (Å²) in [4.78, 5) is 21.5. The van der Waals surface area contributed by atoms with Crippen LogP contribution in [-0.4, -0.2) is 22.5 Å². The maximum Gasteiger partial charge on any atom is 0.257 e. The van der Waals surface area contributed by atoms with Crippen LogP contribution in [-0.2, 0) is 0 Å². The zero-order chi connectivity index (χ0) is 19.5. The van der Waals surface area contributed by atoms with Crippen LogP contribution in [0.2, 0.25) is 0 Å². The zero-order valence-corrected chi connectivity index (χ0v) is 16.4. The molecule has 0 saturated carbocycles. The van der Waals surface area contributed by atoms with Gasteiger partial charge in [0.1, 0.15) is 5.75 Å². The monoisotopic (exact) mass is 389 g/mol. The van der Waals surface area contributed by atoms with Crippen molar-refractivity contribution >= 4 is 33.1 Å². The highest BCUT2D eigenvalue weighted by Crippen LogP contribution is 2.25. The number of benzene rings is 2. The van der Waals surface area contributed by atoms with Crippen LogP contribution in [0.1, 0.15) is 22.3 Å². The number of aryl methyl sites for hydroxylation is 1. The van der Waals surface area contributed by atoms with Crippen LogP contribution in [0.15, 0.2) is 60.8 Å². The second-order valence-corrected chi connectivity index (χ2v) is 7.50. The average Bonchev–Trinajstić information content (AvgIpc) is 3.08. The number of nitrogens with one attached hydrogen (secondary N) is 1. The summed E-state index contributed by atoms with van der Waals surface area (Å²) < 4.78 is 6.64. The first-order valence-corrected chi connectivity index (χ1v) is 9.82. The number of hydrogen-bond acceptors (Lipinski definition) is 5. The zero-order valence-electron chi connectivity index (χ0n) is 15.6. The van der Waals surface area contributed by atoms with Crippen LogP contribution in [0.25, 0.3) is 21.5 Å². The van der Waals surface area contributed by atoms with Crippen molar-refractivity contribution in [1.82, 2.24) is 9.97 Å². The first kappa shape index (κ1) is 18.1. The molecule has 140 valence electrons. The van der Waals surface area contributed by atoms with Gasteiger partial charge in [0, 0.05) is 17.4 Å². The molecule has 2 heterocycles. The fraction of sp³-hybridized carbons (Fsp3) is 0.136. The number of carbonyl (C=O) groups excluding carboxylic acids is 1. The lowest BCUT2D eigenvalue weighted by Crippen LogP contribution is -2.12. The fourth-order valence-electron chi connectivity index (χ4n) is 2.93. The lowest BCUT2D eigenvalue weighted by molar-refractivity contribution is 0.102. The fourth-order valence-corrected chi connectivity index (χ4v) is 3.74. The number of thiazole rings is 1. The summed E-state index contributed by atoms with van der Waals surface area (Å²) in [6.07, 6.45) is 1.59. The molecule has 28 heavy (non-hydrogen) atoms. The van der Waals surface area contributed by atoms with Gasteiger partial charge in [-0.25, -0.2) is 4.98 Å². The van der Waals surface area contributed by atoms with Crippen molar-refractivity contribution in [3.8, 4) is 17.0 Å². The van der Waals surface area contributed by atoms with E-state index in [1.807, 2.05) is 62.4 Å². The molecule has 0 fully saturated rings. The largest absolute Gasteiger partial charge is 0.494 e. The molecule has 4 aromatic rings. The predicted octanol–water partition coefficient (Wildman–Crippen LogP) is 5.32. The van der Waals surface area contributed by atoms with Gasteiger partial charge in [-0.3, -0.25) is 9.78 Å². The molecule has 0 spiro atoms. The molecule has 0 unspecified atom stereocenters. The Labute approximate surface area is 167 Å². The minimum atomic E-state index is -0.201. The summed E-state index contributed by atoms with van der Waals surface area (Å²) in [6, 6.07) is 17.1. The van der Waals surface area contributed by atoms with Crippen molar-refractivity contribution in [2.45, 2.75) is 13.8 Å². The Bertz CT molecular complexity index is 1140. The van der Waals surface area contributed by atoms with Gasteiger partial charge >= 0.3 is 0 Å². The summed E-state index contributed by atoms with van der Waals surface area (Å²) in [5, 5.41) is 3.92. The number of hydrogen-bond donors (Lipinski definition) is 1. The van der Waals surface area contributed by atoms with Crippen LogP contribution in [0, 0.1) is 6.92 Å². The van der Waals surface area contributed by atoms with Crippen molar-refractivity contribution in [3.63, 3.8) is 0 Å². The molecule has 5 nitrogen and oxygen atoms in total. The molecule has 4 rings (SSSR count). The number of rotatable bonds is 5. The smallest absolute Gasteiger partial charge is 0.257 e. The van der Waals surface area contributed by atoms with Crippen LogP contribution in [0.5, 0.6) is 5.75 Å². The van der Waals surface area contributed by atoms with Crippen LogP contribution < -0.4 is 10.1 Å². The summed E-state index contributed by atoms with van der Waals surface area (Å²) >= 11 is 1.64. The Morgan fingerprint density at radius 1 is 1.14 bits per heavy atom. The SMILES string of the molecule is CCOc1cccc(-c2ccc(C(=O)Nc3ccc4sc(C)nc4c3)cn2)c1. The number of aromatic nitrogens is 2. The van der Waals surface area contributed by atoms with E-state index in [0.717, 1.165) is 37.9 Å². The van der Waals surface area contributed by atoms with Crippen molar-refractivity contribution in [1.29, 1.82) is 0 Å². The second-order valence-electron chi connectivity index (χ2n) is 6.26. The topological polar surface area (TPSA) is 64.1 Å². The van der Waals surface area contributed by atoms with E-state index in [2.05, 4.69) is 15.3 Å². The average molecular weight is 389 g/mol. The molecule has 1 amide bonds. The quantitative estimate of drug-likeness (QED) is 0.502. The molecule has 0 radical (unpaired) electrons. The van der Waals surface area contributed by atoms with Gasteiger partial charge in [-0.05, 0) is 56.3 Å². The van der Waals surface area contributed by atoms with E-state index in [0.29, 0.717) is 12.2 Å². The Hall–Kier alpha value is -3.25. The number of pyridine rings is 1. The molecule has 0 atom stereocenters. The normalized spacial score (nSPS) is 10.8. The Balaban J connectivity index is 1.51.